The van der Waals surface area contributed by atoms with Gasteiger partial charge in [-0.2, -0.15) is 0 Å². The smallest absolute Gasteiger partial charge is 0.326 e. The molecule has 0 aliphatic carbocycles. The van der Waals surface area contributed by atoms with E-state index in [4.69, 9.17) is 0 Å². The zero-order chi connectivity index (χ0) is 19.6. The van der Waals surface area contributed by atoms with Crippen molar-refractivity contribution in [3.8, 4) is 0 Å². The molecular formula is C20H25FN2O4. The summed E-state index contributed by atoms with van der Waals surface area (Å²) in [7, 11) is 0. The van der Waals surface area contributed by atoms with Gasteiger partial charge in [-0.25, -0.2) is 9.18 Å². The number of halogens is 1. The summed E-state index contributed by atoms with van der Waals surface area (Å²) in [5, 5.41) is 9.24. The second-order valence-corrected chi connectivity index (χ2v) is 7.72. The summed E-state index contributed by atoms with van der Waals surface area (Å²) in [6, 6.07) is 5.24. The first-order valence-electron chi connectivity index (χ1n) is 9.34. The molecule has 0 bridgehead atoms. The maximum atomic E-state index is 13.3. The predicted molar refractivity (Wildman–Crippen MR) is 96.4 cm³/mol. The predicted octanol–water partition coefficient (Wildman–Crippen LogP) is 2.07. The molecule has 1 aromatic carbocycles. The highest BCUT2D eigenvalue weighted by molar-refractivity contribution is 5.84. The summed E-state index contributed by atoms with van der Waals surface area (Å²) in [6.07, 6.45) is 2.76. The van der Waals surface area contributed by atoms with Crippen LogP contribution in [-0.2, 0) is 20.8 Å². The highest BCUT2D eigenvalue weighted by atomic mass is 19.1. The SMILES string of the molecule is CC(C(=O)O)N1CC2(CCC1=O)CCN(C(=O)Cc1cccc(F)c1)CC2. The Bertz CT molecular complexity index is 743. The van der Waals surface area contributed by atoms with E-state index in [1.165, 1.54) is 24.0 Å². The number of carboxylic acids is 1. The molecule has 2 aliphatic rings. The summed E-state index contributed by atoms with van der Waals surface area (Å²) in [5.74, 6) is -1.49. The van der Waals surface area contributed by atoms with Crippen LogP contribution >= 0.6 is 0 Å². The number of hydrogen-bond acceptors (Lipinski definition) is 3. The van der Waals surface area contributed by atoms with Crippen molar-refractivity contribution in [3.05, 3.63) is 35.6 Å². The van der Waals surface area contributed by atoms with Crippen LogP contribution in [0.1, 0.15) is 38.2 Å². The van der Waals surface area contributed by atoms with Gasteiger partial charge in [0.15, 0.2) is 0 Å². The summed E-state index contributed by atoms with van der Waals surface area (Å²) >= 11 is 0. The van der Waals surface area contributed by atoms with Crippen molar-refractivity contribution >= 4 is 17.8 Å². The van der Waals surface area contributed by atoms with Crippen LogP contribution in [0.2, 0.25) is 0 Å². The quantitative estimate of drug-likeness (QED) is 0.873. The third kappa shape index (κ3) is 4.28. The highest BCUT2D eigenvalue weighted by Gasteiger charge is 2.43. The van der Waals surface area contributed by atoms with Gasteiger partial charge in [0.05, 0.1) is 6.42 Å². The standard InChI is InChI=1S/C20H25FN2O4/c1-14(19(26)27)23-13-20(6-5-17(23)24)7-9-22(10-8-20)18(25)12-15-3-2-4-16(21)11-15/h2-4,11,14H,5-10,12-13H2,1H3,(H,26,27). The molecule has 2 fully saturated rings. The Hall–Kier alpha value is -2.44. The Kier molecular flexibility index (Phi) is 5.48. The monoisotopic (exact) mass is 376 g/mol. The lowest BCUT2D eigenvalue weighted by Gasteiger charge is -2.48. The number of benzene rings is 1. The third-order valence-corrected chi connectivity index (χ3v) is 5.94. The third-order valence-electron chi connectivity index (χ3n) is 5.94. The van der Waals surface area contributed by atoms with Crippen LogP contribution in [0.3, 0.4) is 0 Å². The van der Waals surface area contributed by atoms with E-state index in [9.17, 15) is 23.9 Å². The molecule has 2 aliphatic heterocycles. The van der Waals surface area contributed by atoms with Gasteiger partial charge in [0, 0.05) is 26.1 Å². The topological polar surface area (TPSA) is 77.9 Å². The molecule has 27 heavy (non-hydrogen) atoms. The number of carboxylic acid groups (broad SMARTS) is 1. The molecule has 0 saturated carbocycles. The number of rotatable bonds is 4. The molecule has 7 heteroatoms. The van der Waals surface area contributed by atoms with E-state index >= 15 is 0 Å². The number of likely N-dealkylation sites (tertiary alicyclic amines) is 2. The van der Waals surface area contributed by atoms with Crippen molar-refractivity contribution in [2.75, 3.05) is 19.6 Å². The molecule has 1 atom stereocenters. The largest absolute Gasteiger partial charge is 0.480 e. The van der Waals surface area contributed by atoms with Gasteiger partial charge in [-0.15, -0.1) is 0 Å². The highest BCUT2D eigenvalue weighted by Crippen LogP contribution is 2.40. The average molecular weight is 376 g/mol. The molecule has 1 unspecified atom stereocenters. The second kappa shape index (κ2) is 7.66. The van der Waals surface area contributed by atoms with E-state index in [1.807, 2.05) is 0 Å². The van der Waals surface area contributed by atoms with Gasteiger partial charge in [0.25, 0.3) is 0 Å². The van der Waals surface area contributed by atoms with Crippen LogP contribution in [0.5, 0.6) is 0 Å². The van der Waals surface area contributed by atoms with E-state index in [-0.39, 0.29) is 29.5 Å². The minimum Gasteiger partial charge on any atom is -0.480 e. The lowest BCUT2D eigenvalue weighted by Crippen LogP contribution is -2.56. The van der Waals surface area contributed by atoms with Crippen LogP contribution in [0.4, 0.5) is 4.39 Å². The van der Waals surface area contributed by atoms with Crippen molar-refractivity contribution in [3.63, 3.8) is 0 Å². The fraction of sp³-hybridized carbons (Fsp3) is 0.550. The van der Waals surface area contributed by atoms with Crippen LogP contribution < -0.4 is 0 Å². The molecule has 0 aromatic heterocycles. The first-order valence-corrected chi connectivity index (χ1v) is 9.34. The van der Waals surface area contributed by atoms with E-state index < -0.39 is 12.0 Å². The van der Waals surface area contributed by atoms with Gasteiger partial charge in [0.2, 0.25) is 11.8 Å². The molecular weight excluding hydrogens is 351 g/mol. The normalized spacial score (nSPS) is 20.6. The Labute approximate surface area is 157 Å². The number of carbonyl (C=O) groups is 3. The zero-order valence-electron chi connectivity index (χ0n) is 15.5. The van der Waals surface area contributed by atoms with Crippen molar-refractivity contribution in [1.29, 1.82) is 0 Å². The molecule has 3 rings (SSSR count). The fourth-order valence-corrected chi connectivity index (χ4v) is 4.10. The molecule has 1 N–H and O–H groups in total. The number of nitrogens with zero attached hydrogens (tertiary/aromatic N) is 2. The summed E-state index contributed by atoms with van der Waals surface area (Å²) in [4.78, 5) is 39.2. The van der Waals surface area contributed by atoms with Gasteiger partial charge >= 0.3 is 5.97 Å². The molecule has 2 saturated heterocycles. The molecule has 2 amide bonds. The van der Waals surface area contributed by atoms with Crippen molar-refractivity contribution in [2.45, 2.75) is 45.1 Å². The minimum atomic E-state index is -0.997. The average Bonchev–Trinajstić information content (AvgIpc) is 2.64. The van der Waals surface area contributed by atoms with E-state index in [0.29, 0.717) is 31.6 Å². The van der Waals surface area contributed by atoms with E-state index in [1.54, 1.807) is 17.0 Å². The van der Waals surface area contributed by atoms with Gasteiger partial charge in [-0.05, 0) is 49.3 Å². The van der Waals surface area contributed by atoms with Gasteiger partial charge < -0.3 is 14.9 Å². The number of carbonyl (C=O) groups excluding carboxylic acids is 2. The van der Waals surface area contributed by atoms with Crippen LogP contribution in [0.15, 0.2) is 24.3 Å². The summed E-state index contributed by atoms with van der Waals surface area (Å²) < 4.78 is 13.3. The molecule has 6 nitrogen and oxygen atoms in total. The number of piperidine rings is 2. The maximum Gasteiger partial charge on any atom is 0.326 e. The zero-order valence-corrected chi connectivity index (χ0v) is 15.5. The molecule has 2 heterocycles. The fourth-order valence-electron chi connectivity index (χ4n) is 4.10. The van der Waals surface area contributed by atoms with Gasteiger partial charge in [-0.1, -0.05) is 12.1 Å². The minimum absolute atomic E-state index is 0.0295. The molecule has 0 radical (unpaired) electrons. The van der Waals surface area contributed by atoms with E-state index in [0.717, 1.165) is 19.3 Å². The first-order chi connectivity index (χ1) is 12.8. The van der Waals surface area contributed by atoms with Gasteiger partial charge in [-0.3, -0.25) is 9.59 Å². The van der Waals surface area contributed by atoms with Crippen molar-refractivity contribution in [2.24, 2.45) is 5.41 Å². The number of amides is 2. The Balaban J connectivity index is 1.60. The van der Waals surface area contributed by atoms with Crippen LogP contribution in [0, 0.1) is 11.2 Å². The van der Waals surface area contributed by atoms with Gasteiger partial charge in [0.1, 0.15) is 11.9 Å². The van der Waals surface area contributed by atoms with Crippen molar-refractivity contribution < 1.29 is 23.9 Å². The van der Waals surface area contributed by atoms with Crippen LogP contribution in [0.25, 0.3) is 0 Å². The first kappa shape index (κ1) is 19.3. The van der Waals surface area contributed by atoms with Crippen molar-refractivity contribution in [1.82, 2.24) is 9.80 Å². The number of hydrogen-bond donors (Lipinski definition) is 1. The summed E-state index contributed by atoms with van der Waals surface area (Å²) in [6.45, 7) is 3.14. The Morgan fingerprint density at radius 1 is 1.26 bits per heavy atom. The van der Waals surface area contributed by atoms with Crippen LogP contribution in [-0.4, -0.2) is 58.4 Å². The Morgan fingerprint density at radius 2 is 1.96 bits per heavy atom. The molecule has 1 aromatic rings. The summed E-state index contributed by atoms with van der Waals surface area (Å²) in [5.41, 5.74) is 0.540. The number of aliphatic carboxylic acids is 1. The molecule has 146 valence electrons. The second-order valence-electron chi connectivity index (χ2n) is 7.72. The molecule has 1 spiro atoms. The lowest BCUT2D eigenvalue weighted by molar-refractivity contribution is -0.155. The Morgan fingerprint density at radius 3 is 2.59 bits per heavy atom. The lowest BCUT2D eigenvalue weighted by atomic mass is 9.72. The van der Waals surface area contributed by atoms with E-state index in [2.05, 4.69) is 0 Å². The maximum absolute atomic E-state index is 13.3.